The number of benzene rings is 1. The normalized spacial score (nSPS) is 20.5. The molecule has 3 atom stereocenters. The summed E-state index contributed by atoms with van der Waals surface area (Å²) in [5.74, 6) is 0. The van der Waals surface area contributed by atoms with E-state index < -0.39 is 17.8 Å². The van der Waals surface area contributed by atoms with Crippen molar-refractivity contribution in [2.75, 3.05) is 0 Å². The van der Waals surface area contributed by atoms with Gasteiger partial charge in [0.15, 0.2) is 0 Å². The minimum Gasteiger partial charge on any atom is -0.390 e. The van der Waals surface area contributed by atoms with E-state index in [1.807, 2.05) is 25.1 Å². The fraction of sp³-hybridized carbons (Fsp3) is 0.600. The molecule has 0 heterocycles. The summed E-state index contributed by atoms with van der Waals surface area (Å²) in [5.41, 5.74) is 2.37. The molecule has 3 N–H and O–H groups in total. The van der Waals surface area contributed by atoms with E-state index in [4.69, 9.17) is 0 Å². The average Bonchev–Trinajstić information content (AvgIpc) is 2.28. The van der Waals surface area contributed by atoms with Crippen LogP contribution >= 0.6 is 0 Å². The van der Waals surface area contributed by atoms with Gasteiger partial charge in [0, 0.05) is 6.42 Å². The molecule has 0 bridgehead atoms. The van der Waals surface area contributed by atoms with E-state index >= 15 is 0 Å². The Morgan fingerprint density at radius 1 is 1.17 bits per heavy atom. The van der Waals surface area contributed by atoms with Crippen LogP contribution in [0.25, 0.3) is 0 Å². The molecule has 2 rings (SSSR count). The molecule has 1 aliphatic carbocycles. The predicted molar refractivity (Wildman–Crippen MR) is 70.3 cm³/mol. The summed E-state index contributed by atoms with van der Waals surface area (Å²) in [5, 5.41) is 29.9. The van der Waals surface area contributed by atoms with Crippen molar-refractivity contribution in [3.63, 3.8) is 0 Å². The van der Waals surface area contributed by atoms with Crippen molar-refractivity contribution in [3.05, 3.63) is 34.9 Å². The Morgan fingerprint density at radius 2 is 1.83 bits per heavy atom. The number of aliphatic hydroxyl groups is 3. The molecule has 100 valence electrons. The first-order chi connectivity index (χ1) is 8.44. The topological polar surface area (TPSA) is 60.7 Å². The molecule has 1 aliphatic rings. The van der Waals surface area contributed by atoms with Crippen LogP contribution in [0.5, 0.6) is 0 Å². The fourth-order valence-corrected chi connectivity index (χ4v) is 2.46. The molecule has 1 aromatic rings. The number of hydrogen-bond donors (Lipinski definition) is 3. The molecule has 0 aliphatic heterocycles. The molecular weight excluding hydrogens is 228 g/mol. The van der Waals surface area contributed by atoms with E-state index in [0.29, 0.717) is 6.42 Å². The summed E-state index contributed by atoms with van der Waals surface area (Å²) in [6, 6.07) is 5.98. The van der Waals surface area contributed by atoms with E-state index in [2.05, 4.69) is 0 Å². The lowest BCUT2D eigenvalue weighted by Crippen LogP contribution is -2.34. The number of aliphatic hydroxyl groups excluding tert-OH is 2. The van der Waals surface area contributed by atoms with Crippen molar-refractivity contribution in [2.24, 2.45) is 0 Å². The number of rotatable bonds is 5. The van der Waals surface area contributed by atoms with Gasteiger partial charge in [-0.15, -0.1) is 0 Å². The Morgan fingerprint density at radius 3 is 2.33 bits per heavy atom. The van der Waals surface area contributed by atoms with Crippen LogP contribution in [-0.4, -0.2) is 27.5 Å². The summed E-state index contributed by atoms with van der Waals surface area (Å²) in [6.07, 6.45) is 1.16. The quantitative estimate of drug-likeness (QED) is 0.742. The van der Waals surface area contributed by atoms with Crippen LogP contribution in [0.2, 0.25) is 0 Å². The highest BCUT2D eigenvalue weighted by Crippen LogP contribution is 2.32. The molecule has 3 nitrogen and oxygen atoms in total. The smallest absolute Gasteiger partial charge is 0.0894 e. The van der Waals surface area contributed by atoms with E-state index in [0.717, 1.165) is 18.4 Å². The Kier molecular flexibility index (Phi) is 3.76. The second-order valence-corrected chi connectivity index (χ2v) is 5.50. The van der Waals surface area contributed by atoms with E-state index in [-0.39, 0.29) is 6.42 Å². The largest absolute Gasteiger partial charge is 0.390 e. The first kappa shape index (κ1) is 13.5. The molecule has 0 radical (unpaired) electrons. The summed E-state index contributed by atoms with van der Waals surface area (Å²) in [6.45, 7) is 3.51. The van der Waals surface area contributed by atoms with Crippen molar-refractivity contribution in [1.82, 2.24) is 0 Å². The van der Waals surface area contributed by atoms with Gasteiger partial charge in [0.25, 0.3) is 0 Å². The first-order valence-electron chi connectivity index (χ1n) is 6.65. The van der Waals surface area contributed by atoms with Gasteiger partial charge >= 0.3 is 0 Å². The number of hydrogen-bond acceptors (Lipinski definition) is 3. The highest BCUT2D eigenvalue weighted by Gasteiger charge is 2.30. The predicted octanol–water partition coefficient (Wildman–Crippen LogP) is 1.51. The summed E-state index contributed by atoms with van der Waals surface area (Å²) < 4.78 is 0. The van der Waals surface area contributed by atoms with Crippen molar-refractivity contribution in [3.8, 4) is 0 Å². The lowest BCUT2D eigenvalue weighted by Gasteiger charge is -2.30. The zero-order valence-corrected chi connectivity index (χ0v) is 11.1. The van der Waals surface area contributed by atoms with Gasteiger partial charge in [-0.25, -0.2) is 0 Å². The van der Waals surface area contributed by atoms with Gasteiger partial charge in [-0.05, 0) is 42.9 Å². The average molecular weight is 250 g/mol. The summed E-state index contributed by atoms with van der Waals surface area (Å²) in [7, 11) is 0. The van der Waals surface area contributed by atoms with E-state index in [9.17, 15) is 15.3 Å². The monoisotopic (exact) mass is 250 g/mol. The van der Waals surface area contributed by atoms with Crippen molar-refractivity contribution >= 4 is 0 Å². The van der Waals surface area contributed by atoms with Crippen molar-refractivity contribution in [1.29, 1.82) is 0 Å². The van der Waals surface area contributed by atoms with Gasteiger partial charge in [0.05, 0.1) is 17.8 Å². The molecule has 0 fully saturated rings. The Hall–Kier alpha value is -0.900. The van der Waals surface area contributed by atoms with Gasteiger partial charge < -0.3 is 15.3 Å². The van der Waals surface area contributed by atoms with Crippen LogP contribution < -0.4 is 0 Å². The van der Waals surface area contributed by atoms with E-state index in [1.165, 1.54) is 11.1 Å². The molecule has 1 aromatic carbocycles. The van der Waals surface area contributed by atoms with Crippen LogP contribution in [0.15, 0.2) is 18.2 Å². The SMILES string of the molecule is CCC(O)C(O)C[C@](C)(O)c1ccc2c(c1)CC2. The zero-order chi connectivity index (χ0) is 13.3. The molecule has 0 saturated heterocycles. The molecule has 0 saturated carbocycles. The standard InChI is InChI=1S/C15H22O3/c1-3-13(16)14(17)9-15(2,18)12-7-6-10-4-5-11(10)8-12/h6-8,13-14,16-18H,3-5,9H2,1-2H3/t13?,14?,15-/m0/s1. The molecule has 18 heavy (non-hydrogen) atoms. The first-order valence-corrected chi connectivity index (χ1v) is 6.65. The van der Waals surface area contributed by atoms with Gasteiger partial charge in [0.1, 0.15) is 0 Å². The lowest BCUT2D eigenvalue weighted by atomic mass is 9.81. The summed E-state index contributed by atoms with van der Waals surface area (Å²) in [4.78, 5) is 0. The van der Waals surface area contributed by atoms with Crippen LogP contribution in [0, 0.1) is 0 Å². The van der Waals surface area contributed by atoms with Crippen LogP contribution in [0.3, 0.4) is 0 Å². The highest BCUT2D eigenvalue weighted by atomic mass is 16.3. The van der Waals surface area contributed by atoms with Crippen molar-refractivity contribution < 1.29 is 15.3 Å². The van der Waals surface area contributed by atoms with Gasteiger partial charge in [0.2, 0.25) is 0 Å². The maximum Gasteiger partial charge on any atom is 0.0894 e. The minimum atomic E-state index is -1.10. The Balaban J connectivity index is 2.11. The number of aryl methyl sites for hydroxylation is 2. The summed E-state index contributed by atoms with van der Waals surface area (Å²) >= 11 is 0. The highest BCUT2D eigenvalue weighted by molar-refractivity contribution is 5.40. The molecule has 0 spiro atoms. The molecule has 2 unspecified atom stereocenters. The third-order valence-corrected chi connectivity index (χ3v) is 3.96. The third kappa shape index (κ3) is 2.58. The van der Waals surface area contributed by atoms with Gasteiger partial charge in [-0.2, -0.15) is 0 Å². The fourth-order valence-electron chi connectivity index (χ4n) is 2.46. The maximum absolute atomic E-state index is 10.5. The number of fused-ring (bicyclic) bond motifs is 1. The molecule has 3 heteroatoms. The van der Waals surface area contributed by atoms with Crippen molar-refractivity contribution in [2.45, 2.75) is 57.3 Å². The van der Waals surface area contributed by atoms with Crippen LogP contribution in [0.4, 0.5) is 0 Å². The van der Waals surface area contributed by atoms with Crippen LogP contribution in [0.1, 0.15) is 43.4 Å². The Bertz CT molecular complexity index is 426. The van der Waals surface area contributed by atoms with Gasteiger partial charge in [-0.1, -0.05) is 25.1 Å². The zero-order valence-electron chi connectivity index (χ0n) is 11.1. The minimum absolute atomic E-state index is 0.154. The second-order valence-electron chi connectivity index (χ2n) is 5.50. The second kappa shape index (κ2) is 5.00. The molecular formula is C15H22O3. The maximum atomic E-state index is 10.5. The lowest BCUT2D eigenvalue weighted by molar-refractivity contribution is -0.0505. The van der Waals surface area contributed by atoms with Crippen LogP contribution in [-0.2, 0) is 18.4 Å². The van der Waals surface area contributed by atoms with Gasteiger partial charge in [-0.3, -0.25) is 0 Å². The third-order valence-electron chi connectivity index (χ3n) is 3.96. The molecule has 0 aromatic heterocycles. The van der Waals surface area contributed by atoms with E-state index in [1.54, 1.807) is 6.92 Å². The Labute approximate surface area is 108 Å². The molecule has 0 amide bonds.